The minimum atomic E-state index is -0.443. The fourth-order valence-electron chi connectivity index (χ4n) is 2.19. The number of amides is 1. The number of hydrogen-bond donors (Lipinski definition) is 1. The molecule has 0 aromatic heterocycles. The summed E-state index contributed by atoms with van der Waals surface area (Å²) in [5.74, 6) is 0.174. The number of aryl methyl sites for hydroxylation is 2. The largest absolute Gasteiger partial charge is 0.496 e. The van der Waals surface area contributed by atoms with Gasteiger partial charge in [-0.3, -0.25) is 4.79 Å². The van der Waals surface area contributed by atoms with E-state index in [1.807, 2.05) is 56.3 Å². The van der Waals surface area contributed by atoms with Gasteiger partial charge in [-0.1, -0.05) is 23.8 Å². The van der Waals surface area contributed by atoms with Crippen molar-refractivity contribution in [3.8, 4) is 11.8 Å². The molecular weight excluding hydrogens is 288 g/mol. The first-order valence-corrected chi connectivity index (χ1v) is 7.18. The number of carbonyl (C=O) groups excluding carboxylic acids is 1. The number of methoxy groups -OCH3 is 1. The Morgan fingerprint density at radius 3 is 2.57 bits per heavy atom. The molecular formula is C19H18N2O2. The van der Waals surface area contributed by atoms with Crippen molar-refractivity contribution in [2.24, 2.45) is 0 Å². The lowest BCUT2D eigenvalue weighted by Gasteiger charge is -2.08. The van der Waals surface area contributed by atoms with E-state index in [9.17, 15) is 10.1 Å². The predicted octanol–water partition coefficient (Wildman–Crippen LogP) is 3.86. The molecule has 0 aliphatic rings. The number of benzene rings is 2. The predicted molar refractivity (Wildman–Crippen MR) is 91.1 cm³/mol. The van der Waals surface area contributed by atoms with Crippen LogP contribution in [0.15, 0.2) is 48.0 Å². The molecule has 1 amide bonds. The van der Waals surface area contributed by atoms with Crippen LogP contribution in [-0.4, -0.2) is 13.0 Å². The first kappa shape index (κ1) is 16.3. The number of anilines is 1. The SMILES string of the molecule is COc1ccc(C)cc1/C=C(\C#N)C(=O)Nc1cccc(C)c1. The zero-order valence-electron chi connectivity index (χ0n) is 13.4. The van der Waals surface area contributed by atoms with Gasteiger partial charge in [-0.15, -0.1) is 0 Å². The summed E-state index contributed by atoms with van der Waals surface area (Å²) in [6.45, 7) is 3.88. The maximum atomic E-state index is 12.3. The van der Waals surface area contributed by atoms with Crippen LogP contribution in [0.4, 0.5) is 5.69 Å². The average Bonchev–Trinajstić information content (AvgIpc) is 2.52. The molecule has 23 heavy (non-hydrogen) atoms. The standard InChI is InChI=1S/C19H18N2O2/c1-13-5-4-6-17(10-13)21-19(22)16(12-20)11-15-9-14(2)7-8-18(15)23-3/h4-11H,1-3H3,(H,21,22)/b16-11+. The highest BCUT2D eigenvalue weighted by Gasteiger charge is 2.11. The Labute approximate surface area is 136 Å². The highest BCUT2D eigenvalue weighted by Crippen LogP contribution is 2.23. The zero-order valence-corrected chi connectivity index (χ0v) is 13.4. The lowest BCUT2D eigenvalue weighted by molar-refractivity contribution is -0.112. The van der Waals surface area contributed by atoms with Crippen molar-refractivity contribution < 1.29 is 9.53 Å². The van der Waals surface area contributed by atoms with Crippen LogP contribution in [0.5, 0.6) is 5.75 Å². The fraction of sp³-hybridized carbons (Fsp3) is 0.158. The van der Waals surface area contributed by atoms with E-state index in [1.165, 1.54) is 6.08 Å². The van der Waals surface area contributed by atoms with Crippen molar-refractivity contribution >= 4 is 17.7 Å². The Kier molecular flexibility index (Phi) is 5.16. The van der Waals surface area contributed by atoms with Gasteiger partial charge in [0.15, 0.2) is 0 Å². The molecule has 2 aromatic rings. The van der Waals surface area contributed by atoms with Crippen molar-refractivity contribution in [1.29, 1.82) is 5.26 Å². The van der Waals surface area contributed by atoms with Gasteiger partial charge >= 0.3 is 0 Å². The third kappa shape index (κ3) is 4.21. The molecule has 1 N–H and O–H groups in total. The molecule has 0 saturated heterocycles. The van der Waals surface area contributed by atoms with Gasteiger partial charge in [0, 0.05) is 11.3 Å². The van der Waals surface area contributed by atoms with Gasteiger partial charge in [0.05, 0.1) is 7.11 Å². The summed E-state index contributed by atoms with van der Waals surface area (Å²) < 4.78 is 5.27. The van der Waals surface area contributed by atoms with Crippen molar-refractivity contribution in [3.63, 3.8) is 0 Å². The molecule has 0 spiro atoms. The number of nitriles is 1. The lowest BCUT2D eigenvalue weighted by Crippen LogP contribution is -2.13. The van der Waals surface area contributed by atoms with Crippen LogP contribution in [-0.2, 0) is 4.79 Å². The van der Waals surface area contributed by atoms with Crippen LogP contribution >= 0.6 is 0 Å². The summed E-state index contributed by atoms with van der Waals surface area (Å²) in [6, 6.07) is 15.0. The quantitative estimate of drug-likeness (QED) is 0.689. The molecule has 0 heterocycles. The van der Waals surface area contributed by atoms with Gasteiger partial charge in [0.2, 0.25) is 0 Å². The molecule has 2 rings (SSSR count). The topological polar surface area (TPSA) is 62.1 Å². The highest BCUT2D eigenvalue weighted by atomic mass is 16.5. The van der Waals surface area contributed by atoms with Crippen LogP contribution in [0.3, 0.4) is 0 Å². The molecule has 0 unspecified atom stereocenters. The minimum absolute atomic E-state index is 0.0235. The molecule has 0 fully saturated rings. The lowest BCUT2D eigenvalue weighted by atomic mass is 10.1. The first-order chi connectivity index (χ1) is 11.0. The van der Waals surface area contributed by atoms with E-state index in [4.69, 9.17) is 4.74 Å². The molecule has 116 valence electrons. The summed E-state index contributed by atoms with van der Waals surface area (Å²) in [5.41, 5.74) is 3.44. The summed E-state index contributed by atoms with van der Waals surface area (Å²) >= 11 is 0. The van der Waals surface area contributed by atoms with E-state index in [0.29, 0.717) is 17.0 Å². The smallest absolute Gasteiger partial charge is 0.266 e. The maximum Gasteiger partial charge on any atom is 0.266 e. The second kappa shape index (κ2) is 7.28. The molecule has 0 bridgehead atoms. The Morgan fingerprint density at radius 2 is 1.91 bits per heavy atom. The molecule has 0 atom stereocenters. The number of ether oxygens (including phenoxy) is 1. The third-order valence-corrected chi connectivity index (χ3v) is 3.33. The van der Waals surface area contributed by atoms with E-state index >= 15 is 0 Å². The highest BCUT2D eigenvalue weighted by molar-refractivity contribution is 6.09. The van der Waals surface area contributed by atoms with Crippen LogP contribution in [0.25, 0.3) is 6.08 Å². The number of hydrogen-bond acceptors (Lipinski definition) is 3. The van der Waals surface area contributed by atoms with Crippen molar-refractivity contribution in [2.75, 3.05) is 12.4 Å². The summed E-state index contributed by atoms with van der Waals surface area (Å²) in [6.07, 6.45) is 1.54. The second-order valence-electron chi connectivity index (χ2n) is 5.24. The van der Waals surface area contributed by atoms with E-state index in [1.54, 1.807) is 13.2 Å². The van der Waals surface area contributed by atoms with Crippen LogP contribution < -0.4 is 10.1 Å². The molecule has 0 radical (unpaired) electrons. The van der Waals surface area contributed by atoms with Gasteiger partial charge in [-0.2, -0.15) is 5.26 Å². The van der Waals surface area contributed by atoms with Gasteiger partial charge < -0.3 is 10.1 Å². The number of carbonyl (C=O) groups is 1. The molecule has 0 aliphatic heterocycles. The number of nitrogens with one attached hydrogen (secondary N) is 1. The Morgan fingerprint density at radius 1 is 1.17 bits per heavy atom. The van der Waals surface area contributed by atoms with Crippen LogP contribution in [0.1, 0.15) is 16.7 Å². The average molecular weight is 306 g/mol. The first-order valence-electron chi connectivity index (χ1n) is 7.18. The maximum absolute atomic E-state index is 12.3. The number of nitrogens with zero attached hydrogens (tertiary/aromatic N) is 1. The fourth-order valence-corrected chi connectivity index (χ4v) is 2.19. The monoisotopic (exact) mass is 306 g/mol. The molecule has 0 aliphatic carbocycles. The van der Waals surface area contributed by atoms with Crippen molar-refractivity contribution in [2.45, 2.75) is 13.8 Å². The minimum Gasteiger partial charge on any atom is -0.496 e. The Balaban J connectivity index is 2.30. The molecule has 4 nitrogen and oxygen atoms in total. The molecule has 2 aromatic carbocycles. The van der Waals surface area contributed by atoms with Gasteiger partial charge in [-0.25, -0.2) is 0 Å². The normalized spacial score (nSPS) is 10.8. The third-order valence-electron chi connectivity index (χ3n) is 3.33. The van der Waals surface area contributed by atoms with Gasteiger partial charge in [0.25, 0.3) is 5.91 Å². The van der Waals surface area contributed by atoms with Crippen molar-refractivity contribution in [3.05, 3.63) is 64.7 Å². The van der Waals surface area contributed by atoms with Crippen molar-refractivity contribution in [1.82, 2.24) is 0 Å². The second-order valence-corrected chi connectivity index (χ2v) is 5.24. The number of rotatable bonds is 4. The Hall–Kier alpha value is -3.06. The van der Waals surface area contributed by atoms with E-state index in [-0.39, 0.29) is 5.57 Å². The molecule has 0 saturated carbocycles. The Bertz CT molecular complexity index is 801. The summed E-state index contributed by atoms with van der Waals surface area (Å²) in [7, 11) is 1.56. The summed E-state index contributed by atoms with van der Waals surface area (Å²) in [5, 5.41) is 12.0. The molecule has 4 heteroatoms. The zero-order chi connectivity index (χ0) is 16.8. The van der Waals surface area contributed by atoms with E-state index in [0.717, 1.165) is 11.1 Å². The van der Waals surface area contributed by atoms with E-state index in [2.05, 4.69) is 5.32 Å². The summed E-state index contributed by atoms with van der Waals surface area (Å²) in [4.78, 5) is 12.3. The van der Waals surface area contributed by atoms with E-state index < -0.39 is 5.91 Å². The van der Waals surface area contributed by atoms with Gasteiger partial charge in [0.1, 0.15) is 17.4 Å². The van der Waals surface area contributed by atoms with Crippen LogP contribution in [0.2, 0.25) is 0 Å². The van der Waals surface area contributed by atoms with Crippen LogP contribution in [0, 0.1) is 25.2 Å². The van der Waals surface area contributed by atoms with Gasteiger partial charge in [-0.05, 0) is 49.8 Å².